The standard InChI is InChI=1S/C17H23N5O2S.HI/c1-24-14-4-2-3-13(11-14)15(23)12-20-16(18)21-6-8-22(9-7-21)17-19-5-10-25-17;/h2-5,10-11,15,23H,6-9,12H2,1H3,(H2,18,20);1H. The predicted molar refractivity (Wildman–Crippen MR) is 116 cm³/mol. The summed E-state index contributed by atoms with van der Waals surface area (Å²) in [5.74, 6) is 1.19. The summed E-state index contributed by atoms with van der Waals surface area (Å²) in [5, 5.41) is 13.3. The van der Waals surface area contributed by atoms with Crippen molar-refractivity contribution in [1.82, 2.24) is 9.88 Å². The number of halogens is 1. The first-order valence-corrected chi connectivity index (χ1v) is 9.06. The van der Waals surface area contributed by atoms with E-state index in [-0.39, 0.29) is 30.5 Å². The molecule has 2 aromatic rings. The smallest absolute Gasteiger partial charge is 0.191 e. The molecule has 0 saturated carbocycles. The molecule has 1 aromatic carbocycles. The van der Waals surface area contributed by atoms with Crippen LogP contribution in [-0.2, 0) is 0 Å². The topological polar surface area (TPSA) is 87.2 Å². The summed E-state index contributed by atoms with van der Waals surface area (Å²) in [6.45, 7) is 3.55. The van der Waals surface area contributed by atoms with Gasteiger partial charge in [0.15, 0.2) is 11.1 Å². The number of aliphatic hydroxyl groups is 1. The van der Waals surface area contributed by atoms with Crippen LogP contribution in [0.4, 0.5) is 5.13 Å². The van der Waals surface area contributed by atoms with Gasteiger partial charge in [-0.1, -0.05) is 12.1 Å². The lowest BCUT2D eigenvalue weighted by Gasteiger charge is -2.35. The average Bonchev–Trinajstić information content (AvgIpc) is 3.20. The van der Waals surface area contributed by atoms with Gasteiger partial charge in [0.25, 0.3) is 0 Å². The van der Waals surface area contributed by atoms with Crippen LogP contribution in [0.5, 0.6) is 5.75 Å². The van der Waals surface area contributed by atoms with Gasteiger partial charge in [-0.2, -0.15) is 0 Å². The zero-order valence-electron chi connectivity index (χ0n) is 14.6. The Balaban J connectivity index is 0.00000243. The zero-order chi connectivity index (χ0) is 17.6. The SMILES string of the molecule is COc1cccc(C(O)CN=C(N)N2CCN(c3nccs3)CC2)c1.I. The second kappa shape index (κ2) is 9.93. The first kappa shape index (κ1) is 20.7. The molecule has 0 aliphatic carbocycles. The van der Waals surface area contributed by atoms with Crippen molar-refractivity contribution < 1.29 is 9.84 Å². The quantitative estimate of drug-likeness (QED) is 0.380. The number of nitrogens with two attached hydrogens (primary N) is 1. The third-order valence-corrected chi connectivity index (χ3v) is 5.03. The van der Waals surface area contributed by atoms with Crippen molar-refractivity contribution in [3.05, 3.63) is 41.4 Å². The number of aliphatic hydroxyl groups excluding tert-OH is 1. The maximum atomic E-state index is 10.3. The number of aromatic nitrogens is 1. The molecule has 1 saturated heterocycles. The van der Waals surface area contributed by atoms with E-state index in [1.54, 1.807) is 18.4 Å². The molecular weight excluding hydrogens is 465 g/mol. The van der Waals surface area contributed by atoms with Crippen molar-refractivity contribution in [2.75, 3.05) is 44.7 Å². The summed E-state index contributed by atoms with van der Waals surface area (Å²) < 4.78 is 5.18. The van der Waals surface area contributed by atoms with Crippen LogP contribution in [0.2, 0.25) is 0 Å². The minimum Gasteiger partial charge on any atom is -0.497 e. The number of benzene rings is 1. The highest BCUT2D eigenvalue weighted by atomic mass is 127. The number of hydrogen-bond acceptors (Lipinski definition) is 6. The fourth-order valence-electron chi connectivity index (χ4n) is 2.73. The van der Waals surface area contributed by atoms with Crippen molar-refractivity contribution in [2.24, 2.45) is 10.7 Å². The fraction of sp³-hybridized carbons (Fsp3) is 0.412. The number of aliphatic imine (C=N–C) groups is 1. The van der Waals surface area contributed by atoms with Crippen molar-refractivity contribution in [1.29, 1.82) is 0 Å². The molecule has 1 aliphatic heterocycles. The Bertz CT molecular complexity index is 705. The molecular formula is C17H24IN5O2S. The number of nitrogens with zero attached hydrogens (tertiary/aromatic N) is 4. The monoisotopic (exact) mass is 489 g/mol. The Morgan fingerprint density at radius 2 is 2.15 bits per heavy atom. The Kier molecular flexibility index (Phi) is 7.91. The van der Waals surface area contributed by atoms with Gasteiger partial charge in [0.05, 0.1) is 19.8 Å². The largest absolute Gasteiger partial charge is 0.497 e. The van der Waals surface area contributed by atoms with E-state index in [1.165, 1.54) is 0 Å². The van der Waals surface area contributed by atoms with Gasteiger partial charge in [0, 0.05) is 37.8 Å². The van der Waals surface area contributed by atoms with Gasteiger partial charge in [-0.25, -0.2) is 4.98 Å². The second-order valence-corrected chi connectivity index (χ2v) is 6.65. The van der Waals surface area contributed by atoms with Crippen molar-refractivity contribution in [3.8, 4) is 5.75 Å². The van der Waals surface area contributed by atoms with E-state index < -0.39 is 6.10 Å². The highest BCUT2D eigenvalue weighted by molar-refractivity contribution is 14.0. The Hall–Kier alpha value is -1.59. The Labute approximate surface area is 174 Å². The lowest BCUT2D eigenvalue weighted by atomic mass is 10.1. The van der Waals surface area contributed by atoms with E-state index in [9.17, 15) is 5.11 Å². The highest BCUT2D eigenvalue weighted by Crippen LogP contribution is 2.20. The van der Waals surface area contributed by atoms with Crippen LogP contribution in [0.1, 0.15) is 11.7 Å². The lowest BCUT2D eigenvalue weighted by Crippen LogP contribution is -2.51. The van der Waals surface area contributed by atoms with E-state index in [0.717, 1.165) is 36.9 Å². The van der Waals surface area contributed by atoms with Crippen LogP contribution >= 0.6 is 35.3 Å². The van der Waals surface area contributed by atoms with Crippen molar-refractivity contribution >= 4 is 46.4 Å². The van der Waals surface area contributed by atoms with Crippen LogP contribution in [0, 0.1) is 0 Å². The Morgan fingerprint density at radius 1 is 1.38 bits per heavy atom. The van der Waals surface area contributed by atoms with Gasteiger partial charge in [0.1, 0.15) is 5.75 Å². The molecule has 1 atom stereocenters. The van der Waals surface area contributed by atoms with Crippen LogP contribution in [-0.4, -0.2) is 60.8 Å². The summed E-state index contributed by atoms with van der Waals surface area (Å²) in [4.78, 5) is 13.0. The summed E-state index contributed by atoms with van der Waals surface area (Å²) in [5.41, 5.74) is 6.87. The maximum absolute atomic E-state index is 10.3. The van der Waals surface area contributed by atoms with Crippen LogP contribution < -0.4 is 15.4 Å². The number of piperazine rings is 1. The summed E-state index contributed by atoms with van der Waals surface area (Å²) in [6, 6.07) is 7.35. The van der Waals surface area contributed by atoms with Crippen molar-refractivity contribution in [3.63, 3.8) is 0 Å². The molecule has 26 heavy (non-hydrogen) atoms. The Morgan fingerprint density at radius 3 is 2.81 bits per heavy atom. The van der Waals surface area contributed by atoms with Gasteiger partial charge in [-0.15, -0.1) is 35.3 Å². The average molecular weight is 489 g/mol. The summed E-state index contributed by atoms with van der Waals surface area (Å²) in [7, 11) is 1.60. The van der Waals surface area contributed by atoms with E-state index in [4.69, 9.17) is 10.5 Å². The lowest BCUT2D eigenvalue weighted by molar-refractivity contribution is 0.186. The maximum Gasteiger partial charge on any atom is 0.191 e. The fourth-order valence-corrected chi connectivity index (χ4v) is 3.43. The molecule has 1 fully saturated rings. The minimum atomic E-state index is -0.703. The molecule has 0 bridgehead atoms. The molecule has 3 rings (SSSR count). The van der Waals surface area contributed by atoms with Gasteiger partial charge in [-0.05, 0) is 17.7 Å². The molecule has 142 valence electrons. The third-order valence-electron chi connectivity index (χ3n) is 4.20. The molecule has 1 unspecified atom stereocenters. The van der Waals surface area contributed by atoms with Gasteiger partial charge in [0.2, 0.25) is 0 Å². The van der Waals surface area contributed by atoms with E-state index in [2.05, 4.69) is 14.9 Å². The van der Waals surface area contributed by atoms with E-state index in [0.29, 0.717) is 11.7 Å². The molecule has 0 radical (unpaired) electrons. The molecule has 1 aromatic heterocycles. The molecule has 7 nitrogen and oxygen atoms in total. The molecule has 0 amide bonds. The van der Waals surface area contributed by atoms with Gasteiger partial charge < -0.3 is 25.4 Å². The number of ether oxygens (including phenoxy) is 1. The molecule has 3 N–H and O–H groups in total. The third kappa shape index (κ3) is 5.21. The van der Waals surface area contributed by atoms with Crippen molar-refractivity contribution in [2.45, 2.75) is 6.10 Å². The number of rotatable bonds is 5. The second-order valence-electron chi connectivity index (χ2n) is 5.78. The normalized spacial score (nSPS) is 16.2. The first-order valence-electron chi connectivity index (χ1n) is 8.18. The number of guanidine groups is 1. The molecule has 9 heteroatoms. The molecule has 2 heterocycles. The summed E-state index contributed by atoms with van der Waals surface area (Å²) >= 11 is 1.65. The number of methoxy groups -OCH3 is 1. The minimum absolute atomic E-state index is 0. The predicted octanol–water partition coefficient (Wildman–Crippen LogP) is 1.94. The first-order chi connectivity index (χ1) is 12.2. The zero-order valence-corrected chi connectivity index (χ0v) is 17.8. The summed E-state index contributed by atoms with van der Waals surface area (Å²) in [6.07, 6.45) is 1.12. The molecule has 1 aliphatic rings. The van der Waals surface area contributed by atoms with Gasteiger partial charge in [-0.3, -0.25) is 4.99 Å². The van der Waals surface area contributed by atoms with Crippen LogP contribution in [0.25, 0.3) is 0 Å². The van der Waals surface area contributed by atoms with Crippen LogP contribution in [0.15, 0.2) is 40.8 Å². The highest BCUT2D eigenvalue weighted by Gasteiger charge is 2.20. The van der Waals surface area contributed by atoms with E-state index >= 15 is 0 Å². The molecule has 0 spiro atoms. The number of thiazole rings is 1. The van der Waals surface area contributed by atoms with Gasteiger partial charge >= 0.3 is 0 Å². The van der Waals surface area contributed by atoms with E-state index in [1.807, 2.05) is 40.7 Å². The number of hydrogen-bond donors (Lipinski definition) is 2. The van der Waals surface area contributed by atoms with Crippen LogP contribution in [0.3, 0.4) is 0 Å². The number of anilines is 1.